The number of aromatic carboxylic acids is 1. The molecule has 3 N–H and O–H groups in total. The highest BCUT2D eigenvalue weighted by atomic mass is 32.2. The second-order valence-electron chi connectivity index (χ2n) is 11.2. The van der Waals surface area contributed by atoms with E-state index in [1.165, 1.54) is 11.8 Å². The third kappa shape index (κ3) is 8.14. The number of nitrogens with one attached hydrogen (secondary N) is 1. The molecular formula is C38H34N2O6S. The molecule has 4 aromatic carbocycles. The zero-order chi connectivity index (χ0) is 32.6. The molecule has 3 atom stereocenters. The first-order valence-electron chi connectivity index (χ1n) is 15.3. The SMILES string of the molecule is O=C(NCc1cccc(-c2ccc([C@@H]3O[C@H](CSc4ncccc4C(=O)O)C[C@H](c4ccc(CO)cc4)O3)cc2)c1)c1ccccc1. The summed E-state index contributed by atoms with van der Waals surface area (Å²) in [5, 5.41) is 22.5. The Bertz CT molecular complexity index is 1820. The summed E-state index contributed by atoms with van der Waals surface area (Å²) in [5.74, 6) is -0.640. The van der Waals surface area contributed by atoms with E-state index in [0.29, 0.717) is 29.3 Å². The third-order valence-corrected chi connectivity index (χ3v) is 9.09. The fourth-order valence-corrected chi connectivity index (χ4v) is 6.44. The number of carboxylic acid groups (broad SMARTS) is 1. The number of pyridine rings is 1. The molecule has 5 aromatic rings. The van der Waals surface area contributed by atoms with E-state index in [0.717, 1.165) is 33.4 Å². The Morgan fingerprint density at radius 3 is 2.32 bits per heavy atom. The predicted octanol–water partition coefficient (Wildman–Crippen LogP) is 7.21. The van der Waals surface area contributed by atoms with Gasteiger partial charge in [-0.15, -0.1) is 11.8 Å². The molecule has 0 radical (unpaired) electrons. The van der Waals surface area contributed by atoms with Crippen LogP contribution in [0.1, 0.15) is 61.8 Å². The van der Waals surface area contributed by atoms with Crippen molar-refractivity contribution in [1.29, 1.82) is 0 Å². The number of amides is 1. The van der Waals surface area contributed by atoms with Gasteiger partial charge in [-0.2, -0.15) is 0 Å². The molecule has 238 valence electrons. The van der Waals surface area contributed by atoms with Crippen LogP contribution in [0.4, 0.5) is 0 Å². The Morgan fingerprint density at radius 1 is 0.809 bits per heavy atom. The molecule has 47 heavy (non-hydrogen) atoms. The molecular weight excluding hydrogens is 612 g/mol. The van der Waals surface area contributed by atoms with E-state index < -0.39 is 12.3 Å². The maximum Gasteiger partial charge on any atom is 0.338 e. The van der Waals surface area contributed by atoms with E-state index in [-0.39, 0.29) is 30.3 Å². The maximum absolute atomic E-state index is 12.5. The zero-order valence-corrected chi connectivity index (χ0v) is 26.3. The fraction of sp³-hybridized carbons (Fsp3) is 0.184. The average Bonchev–Trinajstić information content (AvgIpc) is 3.13. The van der Waals surface area contributed by atoms with Crippen molar-refractivity contribution in [3.05, 3.63) is 155 Å². The number of aromatic nitrogens is 1. The molecule has 0 aliphatic carbocycles. The number of ether oxygens (including phenoxy) is 2. The molecule has 1 aliphatic rings. The highest BCUT2D eigenvalue weighted by Crippen LogP contribution is 2.40. The van der Waals surface area contributed by atoms with Crippen molar-refractivity contribution in [2.75, 3.05) is 5.75 Å². The van der Waals surface area contributed by atoms with Crippen molar-refractivity contribution in [1.82, 2.24) is 10.3 Å². The van der Waals surface area contributed by atoms with E-state index in [4.69, 9.17) is 9.47 Å². The van der Waals surface area contributed by atoms with Crippen molar-refractivity contribution < 1.29 is 29.3 Å². The number of nitrogens with zero attached hydrogens (tertiary/aromatic N) is 1. The fourth-order valence-electron chi connectivity index (χ4n) is 5.43. The van der Waals surface area contributed by atoms with Crippen LogP contribution in [0.15, 0.2) is 126 Å². The van der Waals surface area contributed by atoms with Crippen LogP contribution in [-0.4, -0.2) is 38.9 Å². The average molecular weight is 647 g/mol. The van der Waals surface area contributed by atoms with Crippen LogP contribution in [0.2, 0.25) is 0 Å². The number of hydrogen-bond donors (Lipinski definition) is 3. The lowest BCUT2D eigenvalue weighted by Crippen LogP contribution is -2.31. The first-order chi connectivity index (χ1) is 23.0. The molecule has 1 fully saturated rings. The Hall–Kier alpha value is -4.80. The third-order valence-electron chi connectivity index (χ3n) is 7.95. The molecule has 8 nitrogen and oxygen atoms in total. The largest absolute Gasteiger partial charge is 0.478 e. The van der Waals surface area contributed by atoms with Crippen molar-refractivity contribution in [3.63, 3.8) is 0 Å². The van der Waals surface area contributed by atoms with Crippen LogP contribution in [-0.2, 0) is 22.6 Å². The minimum absolute atomic E-state index is 0.0373. The van der Waals surface area contributed by atoms with E-state index in [1.807, 2.05) is 84.9 Å². The highest BCUT2D eigenvalue weighted by Gasteiger charge is 2.32. The topological polar surface area (TPSA) is 118 Å². The van der Waals surface area contributed by atoms with Gasteiger partial charge in [0.2, 0.25) is 0 Å². The molecule has 1 saturated heterocycles. The van der Waals surface area contributed by atoms with Gasteiger partial charge in [0, 0.05) is 36.0 Å². The highest BCUT2D eigenvalue weighted by molar-refractivity contribution is 7.99. The van der Waals surface area contributed by atoms with Crippen molar-refractivity contribution in [2.24, 2.45) is 0 Å². The Morgan fingerprint density at radius 2 is 1.57 bits per heavy atom. The minimum Gasteiger partial charge on any atom is -0.478 e. The predicted molar refractivity (Wildman–Crippen MR) is 180 cm³/mol. The summed E-state index contributed by atoms with van der Waals surface area (Å²) < 4.78 is 12.9. The van der Waals surface area contributed by atoms with Crippen molar-refractivity contribution in [3.8, 4) is 11.1 Å². The Labute approximate surface area is 277 Å². The summed E-state index contributed by atoms with van der Waals surface area (Å²) >= 11 is 1.36. The Kier molecular flexibility index (Phi) is 10.4. The van der Waals surface area contributed by atoms with Gasteiger partial charge in [0.15, 0.2) is 6.29 Å². The maximum atomic E-state index is 12.5. The molecule has 0 spiro atoms. The molecule has 0 bridgehead atoms. The molecule has 1 aromatic heterocycles. The first-order valence-corrected chi connectivity index (χ1v) is 16.3. The minimum atomic E-state index is -1.02. The van der Waals surface area contributed by atoms with Crippen LogP contribution < -0.4 is 5.32 Å². The number of rotatable bonds is 11. The zero-order valence-electron chi connectivity index (χ0n) is 25.5. The van der Waals surface area contributed by atoms with E-state index in [1.54, 1.807) is 30.5 Å². The van der Waals surface area contributed by atoms with Gasteiger partial charge in [0.25, 0.3) is 5.91 Å². The monoisotopic (exact) mass is 646 g/mol. The smallest absolute Gasteiger partial charge is 0.338 e. The summed E-state index contributed by atoms with van der Waals surface area (Å²) in [7, 11) is 0. The number of carbonyl (C=O) groups is 2. The molecule has 1 aliphatic heterocycles. The number of thioether (sulfide) groups is 1. The van der Waals surface area contributed by atoms with E-state index in [9.17, 15) is 19.8 Å². The molecule has 0 unspecified atom stereocenters. The second-order valence-corrected chi connectivity index (χ2v) is 12.2. The van der Waals surface area contributed by atoms with Gasteiger partial charge in [0.1, 0.15) is 5.03 Å². The van der Waals surface area contributed by atoms with Crippen LogP contribution in [0.5, 0.6) is 0 Å². The van der Waals surface area contributed by atoms with Gasteiger partial charge in [-0.1, -0.05) is 84.9 Å². The second kappa shape index (κ2) is 15.2. The number of carbonyl (C=O) groups excluding carboxylic acids is 1. The van der Waals surface area contributed by atoms with Crippen LogP contribution in [0.3, 0.4) is 0 Å². The number of hydrogen-bond acceptors (Lipinski definition) is 7. The van der Waals surface area contributed by atoms with Crippen LogP contribution >= 0.6 is 11.8 Å². The summed E-state index contributed by atoms with van der Waals surface area (Å²) in [4.78, 5) is 28.5. The first kappa shape index (κ1) is 32.2. The summed E-state index contributed by atoms with van der Waals surface area (Å²) in [5.41, 5.74) is 6.46. The lowest BCUT2D eigenvalue weighted by atomic mass is 9.99. The lowest BCUT2D eigenvalue weighted by molar-refractivity contribution is -0.245. The van der Waals surface area contributed by atoms with Crippen LogP contribution in [0.25, 0.3) is 11.1 Å². The van der Waals surface area contributed by atoms with Gasteiger partial charge in [-0.3, -0.25) is 4.79 Å². The quantitative estimate of drug-likeness (QED) is 0.129. The summed E-state index contributed by atoms with van der Waals surface area (Å²) in [6, 6.07) is 36.1. The normalized spacial score (nSPS) is 17.6. The number of carboxylic acids is 1. The van der Waals surface area contributed by atoms with Crippen molar-refractivity contribution >= 4 is 23.6 Å². The number of aliphatic hydroxyl groups is 1. The lowest BCUT2D eigenvalue weighted by Gasteiger charge is -2.36. The Balaban J connectivity index is 1.17. The van der Waals surface area contributed by atoms with Gasteiger partial charge >= 0.3 is 5.97 Å². The number of benzene rings is 4. The molecule has 6 rings (SSSR count). The van der Waals surface area contributed by atoms with Gasteiger partial charge < -0.3 is 25.0 Å². The molecule has 9 heteroatoms. The van der Waals surface area contributed by atoms with E-state index in [2.05, 4.69) is 16.4 Å². The van der Waals surface area contributed by atoms with Crippen molar-refractivity contribution in [2.45, 2.75) is 43.1 Å². The van der Waals surface area contributed by atoms with Gasteiger partial charge in [0.05, 0.1) is 24.4 Å². The summed E-state index contributed by atoms with van der Waals surface area (Å²) in [6.07, 6.45) is 1.01. The summed E-state index contributed by atoms with van der Waals surface area (Å²) in [6.45, 7) is 0.375. The molecule has 2 heterocycles. The van der Waals surface area contributed by atoms with E-state index >= 15 is 0 Å². The van der Waals surface area contributed by atoms with Gasteiger partial charge in [-0.05, 0) is 58.1 Å². The van der Waals surface area contributed by atoms with Gasteiger partial charge in [-0.25, -0.2) is 9.78 Å². The standard InChI is InChI=1S/C38H34N2O6S/c41-23-25-11-13-28(14-12-25)34-21-32(24-47-36-33(37(43)44)10-5-19-39-36)45-38(46-34)30-17-15-27(16-18-30)31-9-4-6-26(20-31)22-40-35(42)29-7-2-1-3-8-29/h1-20,32,34,38,41H,21-24H2,(H,40,42)(H,43,44)/t32-,34+,38+/m0/s1. The van der Waals surface area contributed by atoms with Crippen LogP contribution in [0, 0.1) is 0 Å². The molecule has 0 saturated carbocycles. The number of aliphatic hydroxyl groups excluding tert-OH is 1. The molecule has 1 amide bonds.